The first-order valence-corrected chi connectivity index (χ1v) is 10.1. The van der Waals surface area contributed by atoms with Gasteiger partial charge in [0.25, 0.3) is 5.91 Å². The molecule has 2 heterocycles. The maximum absolute atomic E-state index is 12.2. The van der Waals surface area contributed by atoms with E-state index in [1.807, 2.05) is 12.1 Å². The number of hydrogen-bond donors (Lipinski definition) is 3. The fraction of sp³-hybridized carbons (Fsp3) is 0.455. The van der Waals surface area contributed by atoms with Crippen LogP contribution in [0.5, 0.6) is 0 Å². The molecule has 1 saturated heterocycles. The smallest absolute Gasteiger partial charge is 0.315 e. The largest absolute Gasteiger partial charge is 0.459 e. The molecule has 2 aromatic rings. The number of nitrogens with one attached hydrogen (secondary N) is 3. The summed E-state index contributed by atoms with van der Waals surface area (Å²) >= 11 is 0. The highest BCUT2D eigenvalue weighted by atomic mass is 16.3. The molecular formula is C22H30N4O3. The molecule has 3 rings (SSSR count). The average Bonchev–Trinajstić information content (AvgIpc) is 3.28. The summed E-state index contributed by atoms with van der Waals surface area (Å²) in [6, 6.07) is 10.4. The number of hydrogen-bond acceptors (Lipinski definition) is 4. The van der Waals surface area contributed by atoms with Crippen molar-refractivity contribution in [3.05, 3.63) is 54.0 Å². The molecule has 3 amide bonds. The van der Waals surface area contributed by atoms with E-state index < -0.39 is 0 Å². The van der Waals surface area contributed by atoms with E-state index in [1.165, 1.54) is 25.5 Å². The second-order valence-electron chi connectivity index (χ2n) is 8.02. The molecule has 3 N–H and O–H groups in total. The number of piperidine rings is 1. The van der Waals surface area contributed by atoms with Gasteiger partial charge < -0.3 is 20.4 Å². The number of rotatable bonds is 7. The zero-order valence-corrected chi connectivity index (χ0v) is 17.2. The molecule has 1 aromatic carbocycles. The van der Waals surface area contributed by atoms with Crippen LogP contribution in [0.1, 0.15) is 49.2 Å². The molecule has 1 fully saturated rings. The predicted octanol–water partition coefficient (Wildman–Crippen LogP) is 3.60. The third kappa shape index (κ3) is 6.09. The van der Waals surface area contributed by atoms with Crippen molar-refractivity contribution in [1.82, 2.24) is 15.5 Å². The van der Waals surface area contributed by atoms with Crippen molar-refractivity contribution in [2.45, 2.75) is 45.2 Å². The van der Waals surface area contributed by atoms with Crippen LogP contribution in [0.15, 0.2) is 47.1 Å². The summed E-state index contributed by atoms with van der Waals surface area (Å²) in [6.45, 7) is 7.57. The molecule has 0 atom stereocenters. The monoisotopic (exact) mass is 398 g/mol. The maximum atomic E-state index is 12.2. The van der Waals surface area contributed by atoms with E-state index in [0.29, 0.717) is 18.8 Å². The molecule has 1 aliphatic rings. The fourth-order valence-electron chi connectivity index (χ4n) is 3.46. The number of amides is 3. The van der Waals surface area contributed by atoms with Gasteiger partial charge in [-0.15, -0.1) is 0 Å². The molecule has 0 saturated carbocycles. The molecule has 0 spiro atoms. The van der Waals surface area contributed by atoms with Crippen molar-refractivity contribution in [3.63, 3.8) is 0 Å². The Kier molecular flexibility index (Phi) is 6.93. The van der Waals surface area contributed by atoms with E-state index in [2.05, 4.69) is 34.7 Å². The summed E-state index contributed by atoms with van der Waals surface area (Å²) in [5.41, 5.74) is 1.57. The van der Waals surface area contributed by atoms with Crippen molar-refractivity contribution in [1.29, 1.82) is 0 Å². The quantitative estimate of drug-likeness (QED) is 0.665. The number of urea groups is 1. The van der Waals surface area contributed by atoms with E-state index in [0.717, 1.165) is 18.7 Å². The van der Waals surface area contributed by atoms with Crippen LogP contribution < -0.4 is 16.0 Å². The average molecular weight is 399 g/mol. The van der Waals surface area contributed by atoms with Crippen LogP contribution in [0.2, 0.25) is 0 Å². The Bertz CT molecular complexity index is 794. The number of furan rings is 1. The molecule has 0 unspecified atom stereocenters. The summed E-state index contributed by atoms with van der Waals surface area (Å²) in [6.07, 6.45) is 5.22. The number of anilines is 1. The van der Waals surface area contributed by atoms with Crippen LogP contribution in [0, 0.1) is 0 Å². The van der Waals surface area contributed by atoms with Crippen LogP contribution in [0.4, 0.5) is 10.5 Å². The predicted molar refractivity (Wildman–Crippen MR) is 113 cm³/mol. The van der Waals surface area contributed by atoms with Gasteiger partial charge in [-0.2, -0.15) is 0 Å². The van der Waals surface area contributed by atoms with E-state index in [4.69, 9.17) is 4.42 Å². The fourth-order valence-corrected chi connectivity index (χ4v) is 3.46. The molecule has 0 aliphatic carbocycles. The summed E-state index contributed by atoms with van der Waals surface area (Å²) in [4.78, 5) is 26.6. The van der Waals surface area contributed by atoms with Crippen molar-refractivity contribution in [2.24, 2.45) is 0 Å². The van der Waals surface area contributed by atoms with Crippen LogP contribution in [-0.2, 0) is 6.54 Å². The highest BCUT2D eigenvalue weighted by molar-refractivity contribution is 6.02. The summed E-state index contributed by atoms with van der Waals surface area (Å²) < 4.78 is 5.07. The van der Waals surface area contributed by atoms with Gasteiger partial charge in [-0.25, -0.2) is 4.79 Å². The molecule has 29 heavy (non-hydrogen) atoms. The second-order valence-corrected chi connectivity index (χ2v) is 8.02. The minimum Gasteiger partial charge on any atom is -0.459 e. The standard InChI is InChI=1S/C22H30N4O3/c1-22(2,26-12-4-3-5-13-26)16-24-21(28)23-15-17-8-10-18(11-9-17)25-20(27)19-7-6-14-29-19/h6-11,14H,3-5,12-13,15-16H2,1-2H3,(H,25,27)(H2,23,24,28). The van der Waals surface area contributed by atoms with Crippen LogP contribution in [0.3, 0.4) is 0 Å². The Balaban J connectivity index is 1.41. The first-order valence-electron chi connectivity index (χ1n) is 10.1. The Morgan fingerprint density at radius 2 is 1.76 bits per heavy atom. The second kappa shape index (κ2) is 9.60. The van der Waals surface area contributed by atoms with Gasteiger partial charge in [0.05, 0.1) is 6.26 Å². The third-order valence-corrected chi connectivity index (χ3v) is 5.30. The lowest BCUT2D eigenvalue weighted by Gasteiger charge is -2.41. The Labute approximate surface area is 171 Å². The van der Waals surface area contributed by atoms with Gasteiger partial charge in [0.1, 0.15) is 0 Å². The molecule has 156 valence electrons. The van der Waals surface area contributed by atoms with Crippen LogP contribution in [-0.4, -0.2) is 42.0 Å². The van der Waals surface area contributed by atoms with Gasteiger partial charge in [0, 0.05) is 24.3 Å². The zero-order chi connectivity index (χ0) is 20.7. The van der Waals surface area contributed by atoms with Crippen LogP contribution in [0.25, 0.3) is 0 Å². The maximum Gasteiger partial charge on any atom is 0.315 e. The third-order valence-electron chi connectivity index (χ3n) is 5.30. The number of benzene rings is 1. The molecule has 1 aliphatic heterocycles. The summed E-state index contributed by atoms with van der Waals surface area (Å²) in [7, 11) is 0. The Morgan fingerprint density at radius 1 is 1.03 bits per heavy atom. The molecule has 7 nitrogen and oxygen atoms in total. The number of carbonyl (C=O) groups excluding carboxylic acids is 2. The van der Waals surface area contributed by atoms with Crippen molar-refractivity contribution in [3.8, 4) is 0 Å². The van der Waals surface area contributed by atoms with E-state index in [9.17, 15) is 9.59 Å². The summed E-state index contributed by atoms with van der Waals surface area (Å²) in [5, 5.41) is 8.64. The highest BCUT2D eigenvalue weighted by Crippen LogP contribution is 2.19. The van der Waals surface area contributed by atoms with Crippen LogP contribution >= 0.6 is 0 Å². The van der Waals surface area contributed by atoms with Gasteiger partial charge in [0.2, 0.25) is 0 Å². The lowest BCUT2D eigenvalue weighted by molar-refractivity contribution is 0.0960. The van der Waals surface area contributed by atoms with Crippen molar-refractivity contribution < 1.29 is 14.0 Å². The highest BCUT2D eigenvalue weighted by Gasteiger charge is 2.28. The van der Waals surface area contributed by atoms with E-state index in [1.54, 1.807) is 24.3 Å². The van der Waals surface area contributed by atoms with Gasteiger partial charge in [-0.3, -0.25) is 9.69 Å². The molecule has 0 radical (unpaired) electrons. The van der Waals surface area contributed by atoms with Gasteiger partial charge >= 0.3 is 6.03 Å². The van der Waals surface area contributed by atoms with Gasteiger partial charge in [-0.05, 0) is 69.6 Å². The first-order chi connectivity index (χ1) is 13.9. The van der Waals surface area contributed by atoms with Gasteiger partial charge in [0.15, 0.2) is 5.76 Å². The topological polar surface area (TPSA) is 86.6 Å². The Hall–Kier alpha value is -2.80. The van der Waals surface area contributed by atoms with Crippen molar-refractivity contribution >= 4 is 17.6 Å². The number of carbonyl (C=O) groups is 2. The zero-order valence-electron chi connectivity index (χ0n) is 17.2. The SMILES string of the molecule is CC(C)(CNC(=O)NCc1ccc(NC(=O)c2ccco2)cc1)N1CCCCC1. The number of likely N-dealkylation sites (tertiary alicyclic amines) is 1. The normalized spacial score (nSPS) is 15.0. The molecule has 0 bridgehead atoms. The Morgan fingerprint density at radius 3 is 2.41 bits per heavy atom. The lowest BCUT2D eigenvalue weighted by Crippen LogP contribution is -2.54. The molecule has 1 aromatic heterocycles. The van der Waals surface area contributed by atoms with E-state index >= 15 is 0 Å². The minimum atomic E-state index is -0.295. The van der Waals surface area contributed by atoms with Gasteiger partial charge in [-0.1, -0.05) is 18.6 Å². The molecular weight excluding hydrogens is 368 g/mol. The number of nitrogens with zero attached hydrogens (tertiary/aromatic N) is 1. The van der Waals surface area contributed by atoms with Crippen molar-refractivity contribution in [2.75, 3.05) is 25.0 Å². The lowest BCUT2D eigenvalue weighted by atomic mass is 9.98. The first kappa shape index (κ1) is 20.9. The molecule has 7 heteroatoms. The van der Waals surface area contributed by atoms with E-state index in [-0.39, 0.29) is 23.2 Å². The minimum absolute atomic E-state index is 0.0500. The summed E-state index contributed by atoms with van der Waals surface area (Å²) in [5.74, 6) is -0.0311.